The lowest BCUT2D eigenvalue weighted by molar-refractivity contribution is 0.544. The molecule has 1 saturated heterocycles. The summed E-state index contributed by atoms with van der Waals surface area (Å²) in [6, 6.07) is 1.96. The van der Waals surface area contributed by atoms with Gasteiger partial charge in [-0.1, -0.05) is 0 Å². The number of nitrogens with zero attached hydrogens (tertiary/aromatic N) is 2. The molecule has 7 heteroatoms. The second-order valence-electron chi connectivity index (χ2n) is 4.58. The SMILES string of the molecule is Cc1cc(C)nc(S(=O)(=O)NC[C@@H]2CCCN2)n1. The minimum atomic E-state index is -3.60. The Morgan fingerprint density at radius 3 is 2.61 bits per heavy atom. The van der Waals surface area contributed by atoms with Crippen molar-refractivity contribution in [3.63, 3.8) is 0 Å². The Labute approximate surface area is 107 Å². The van der Waals surface area contributed by atoms with Crippen LogP contribution in [-0.4, -0.2) is 37.5 Å². The van der Waals surface area contributed by atoms with E-state index in [-0.39, 0.29) is 11.2 Å². The smallest absolute Gasteiger partial charge is 0.276 e. The Balaban J connectivity index is 2.09. The molecule has 1 fully saturated rings. The fraction of sp³-hybridized carbons (Fsp3) is 0.636. The largest absolute Gasteiger partial charge is 0.313 e. The van der Waals surface area contributed by atoms with Gasteiger partial charge in [0.25, 0.3) is 15.2 Å². The molecule has 2 heterocycles. The molecule has 1 aliphatic rings. The molecule has 0 unspecified atom stereocenters. The summed E-state index contributed by atoms with van der Waals surface area (Å²) in [6.45, 7) is 4.85. The number of nitrogens with one attached hydrogen (secondary N) is 2. The van der Waals surface area contributed by atoms with E-state index in [1.54, 1.807) is 19.9 Å². The van der Waals surface area contributed by atoms with Crippen molar-refractivity contribution in [2.75, 3.05) is 13.1 Å². The molecule has 0 aliphatic carbocycles. The molecular weight excluding hydrogens is 252 g/mol. The van der Waals surface area contributed by atoms with E-state index in [9.17, 15) is 8.42 Å². The molecular formula is C11H18N4O2S. The Morgan fingerprint density at radius 2 is 2.06 bits per heavy atom. The fourth-order valence-electron chi connectivity index (χ4n) is 2.02. The lowest BCUT2D eigenvalue weighted by atomic mass is 10.2. The molecule has 0 saturated carbocycles. The van der Waals surface area contributed by atoms with Crippen LogP contribution in [0.5, 0.6) is 0 Å². The average Bonchev–Trinajstić information content (AvgIpc) is 2.78. The molecule has 1 aromatic rings. The zero-order valence-electron chi connectivity index (χ0n) is 10.6. The number of rotatable bonds is 4. The van der Waals surface area contributed by atoms with Crippen LogP contribution < -0.4 is 10.0 Å². The van der Waals surface area contributed by atoms with E-state index in [2.05, 4.69) is 20.0 Å². The second kappa shape index (κ2) is 5.29. The Kier molecular flexibility index (Phi) is 3.94. The summed E-state index contributed by atoms with van der Waals surface area (Å²) >= 11 is 0. The van der Waals surface area contributed by atoms with Crippen molar-refractivity contribution in [1.29, 1.82) is 0 Å². The fourth-order valence-corrected chi connectivity index (χ4v) is 3.10. The third kappa shape index (κ3) is 3.24. The molecule has 1 atom stereocenters. The molecule has 2 N–H and O–H groups in total. The van der Waals surface area contributed by atoms with Gasteiger partial charge in [0.1, 0.15) is 0 Å². The Hall–Kier alpha value is -1.05. The van der Waals surface area contributed by atoms with Crippen LogP contribution in [0.15, 0.2) is 11.2 Å². The van der Waals surface area contributed by atoms with Crippen LogP contribution >= 0.6 is 0 Å². The first kappa shape index (κ1) is 13.4. The average molecular weight is 270 g/mol. The van der Waals surface area contributed by atoms with Crippen molar-refractivity contribution in [3.05, 3.63) is 17.5 Å². The van der Waals surface area contributed by atoms with Gasteiger partial charge in [0.15, 0.2) is 0 Å². The summed E-state index contributed by atoms with van der Waals surface area (Å²) in [4.78, 5) is 7.94. The van der Waals surface area contributed by atoms with E-state index in [0.29, 0.717) is 17.9 Å². The van der Waals surface area contributed by atoms with Crippen molar-refractivity contribution in [2.45, 2.75) is 37.9 Å². The van der Waals surface area contributed by atoms with Gasteiger partial charge in [0.2, 0.25) is 0 Å². The van der Waals surface area contributed by atoms with E-state index in [0.717, 1.165) is 19.4 Å². The molecule has 18 heavy (non-hydrogen) atoms. The molecule has 100 valence electrons. The van der Waals surface area contributed by atoms with Gasteiger partial charge in [-0.15, -0.1) is 0 Å². The molecule has 6 nitrogen and oxygen atoms in total. The first-order valence-corrected chi connectivity index (χ1v) is 7.51. The molecule has 2 rings (SSSR count). The Morgan fingerprint density at radius 1 is 1.39 bits per heavy atom. The van der Waals surface area contributed by atoms with Gasteiger partial charge in [0.05, 0.1) is 0 Å². The summed E-state index contributed by atoms with van der Waals surface area (Å²) in [5.41, 5.74) is 1.31. The maximum Gasteiger partial charge on any atom is 0.276 e. The quantitative estimate of drug-likeness (QED) is 0.759. The number of aryl methyl sites for hydroxylation is 2. The monoisotopic (exact) mass is 270 g/mol. The highest BCUT2D eigenvalue weighted by atomic mass is 32.2. The van der Waals surface area contributed by atoms with Crippen molar-refractivity contribution < 1.29 is 8.42 Å². The van der Waals surface area contributed by atoms with E-state index in [1.807, 2.05) is 0 Å². The van der Waals surface area contributed by atoms with E-state index < -0.39 is 10.0 Å². The first-order valence-electron chi connectivity index (χ1n) is 6.03. The summed E-state index contributed by atoms with van der Waals surface area (Å²) < 4.78 is 26.6. The van der Waals surface area contributed by atoms with E-state index in [4.69, 9.17) is 0 Å². The summed E-state index contributed by atoms with van der Waals surface area (Å²) in [6.07, 6.45) is 2.09. The molecule has 1 aromatic heterocycles. The van der Waals surface area contributed by atoms with Crippen LogP contribution in [0.1, 0.15) is 24.2 Å². The number of aromatic nitrogens is 2. The minimum Gasteiger partial charge on any atom is -0.313 e. The van der Waals surface area contributed by atoms with E-state index >= 15 is 0 Å². The predicted molar refractivity (Wildman–Crippen MR) is 67.7 cm³/mol. The van der Waals surface area contributed by atoms with Gasteiger partial charge in [-0.05, 0) is 39.3 Å². The van der Waals surface area contributed by atoms with Gasteiger partial charge < -0.3 is 5.32 Å². The second-order valence-corrected chi connectivity index (χ2v) is 6.24. The van der Waals surface area contributed by atoms with Gasteiger partial charge in [-0.2, -0.15) is 0 Å². The highest BCUT2D eigenvalue weighted by molar-refractivity contribution is 7.89. The van der Waals surface area contributed by atoms with Gasteiger partial charge in [0, 0.05) is 24.0 Å². The maximum atomic E-state index is 12.0. The van der Waals surface area contributed by atoms with Crippen molar-refractivity contribution in [2.24, 2.45) is 0 Å². The topological polar surface area (TPSA) is 84.0 Å². The third-order valence-electron chi connectivity index (χ3n) is 2.88. The van der Waals surface area contributed by atoms with Gasteiger partial charge >= 0.3 is 0 Å². The number of hydrogen-bond acceptors (Lipinski definition) is 5. The van der Waals surface area contributed by atoms with Crippen LogP contribution in [0, 0.1) is 13.8 Å². The minimum absolute atomic E-state index is 0.141. The summed E-state index contributed by atoms with van der Waals surface area (Å²) in [5, 5.41) is 3.09. The standard InChI is InChI=1S/C11H18N4O2S/c1-8-6-9(2)15-11(14-8)18(16,17)13-7-10-4-3-5-12-10/h6,10,12-13H,3-5,7H2,1-2H3/t10-/m0/s1. The molecule has 0 radical (unpaired) electrons. The Bertz CT molecular complexity index is 504. The zero-order valence-corrected chi connectivity index (χ0v) is 11.4. The highest BCUT2D eigenvalue weighted by Gasteiger charge is 2.21. The van der Waals surface area contributed by atoms with Gasteiger partial charge in [-0.25, -0.2) is 23.1 Å². The lowest BCUT2D eigenvalue weighted by Crippen LogP contribution is -2.37. The number of sulfonamides is 1. The zero-order chi connectivity index (χ0) is 13.2. The van der Waals surface area contributed by atoms with Crippen LogP contribution in [0.2, 0.25) is 0 Å². The maximum absolute atomic E-state index is 12.0. The molecule has 0 bridgehead atoms. The third-order valence-corrected chi connectivity index (χ3v) is 4.09. The van der Waals surface area contributed by atoms with Crippen molar-refractivity contribution >= 4 is 10.0 Å². The molecule has 0 aromatic carbocycles. The molecule has 0 spiro atoms. The first-order chi connectivity index (χ1) is 8.47. The summed E-state index contributed by atoms with van der Waals surface area (Å²) in [5.74, 6) is 0. The molecule has 0 amide bonds. The van der Waals surface area contributed by atoms with Crippen molar-refractivity contribution in [3.8, 4) is 0 Å². The number of hydrogen-bond donors (Lipinski definition) is 2. The van der Waals surface area contributed by atoms with E-state index in [1.165, 1.54) is 0 Å². The van der Waals surface area contributed by atoms with Crippen LogP contribution in [-0.2, 0) is 10.0 Å². The summed E-state index contributed by atoms with van der Waals surface area (Å²) in [7, 11) is -3.60. The normalized spacial score (nSPS) is 20.2. The predicted octanol–water partition coefficient (Wildman–Crippen LogP) is 0.124. The molecule has 1 aliphatic heterocycles. The van der Waals surface area contributed by atoms with Crippen molar-refractivity contribution in [1.82, 2.24) is 20.0 Å². The lowest BCUT2D eigenvalue weighted by Gasteiger charge is -2.11. The van der Waals surface area contributed by atoms with Crippen LogP contribution in [0.3, 0.4) is 0 Å². The highest BCUT2D eigenvalue weighted by Crippen LogP contribution is 2.07. The van der Waals surface area contributed by atoms with Gasteiger partial charge in [-0.3, -0.25) is 0 Å². The van der Waals surface area contributed by atoms with Crippen LogP contribution in [0.25, 0.3) is 0 Å². The van der Waals surface area contributed by atoms with Crippen LogP contribution in [0.4, 0.5) is 0 Å².